The van der Waals surface area contributed by atoms with Crippen LogP contribution in [-0.2, 0) is 14.3 Å². The van der Waals surface area contributed by atoms with Crippen molar-refractivity contribution in [3.8, 4) is 0 Å². The molecule has 0 aliphatic carbocycles. The van der Waals surface area contributed by atoms with Crippen LogP contribution in [0.15, 0.2) is 29.3 Å². The average Bonchev–Trinajstić information content (AvgIpc) is 3.08. The van der Waals surface area contributed by atoms with E-state index >= 15 is 0 Å². The van der Waals surface area contributed by atoms with Gasteiger partial charge in [-0.15, -0.1) is 11.3 Å². The van der Waals surface area contributed by atoms with E-state index < -0.39 is 23.5 Å². The molecule has 1 aromatic carbocycles. The summed E-state index contributed by atoms with van der Waals surface area (Å²) in [7, 11) is 1.51. The Bertz CT molecular complexity index is 1200. The van der Waals surface area contributed by atoms with Gasteiger partial charge in [-0.25, -0.2) is 9.78 Å². The number of aromatic nitrogens is 2. The number of aryl methyl sites for hydroxylation is 2. The molecule has 0 radical (unpaired) electrons. The molecule has 31 heavy (non-hydrogen) atoms. The van der Waals surface area contributed by atoms with Crippen LogP contribution >= 0.6 is 22.9 Å². The number of carbonyl (C=O) groups is 2. The number of nitrogens with zero attached hydrogens (tertiary/aromatic N) is 2. The third kappa shape index (κ3) is 4.79. The zero-order valence-corrected chi connectivity index (χ0v) is 19.1. The van der Waals surface area contributed by atoms with E-state index in [2.05, 4.69) is 10.3 Å². The molecule has 2 aromatic heterocycles. The van der Waals surface area contributed by atoms with Crippen LogP contribution in [0.5, 0.6) is 0 Å². The third-order valence-electron chi connectivity index (χ3n) is 4.82. The predicted octanol–water partition coefficient (Wildman–Crippen LogP) is 3.73. The van der Waals surface area contributed by atoms with E-state index in [1.165, 1.54) is 18.0 Å². The first-order valence-electron chi connectivity index (χ1n) is 9.48. The van der Waals surface area contributed by atoms with Crippen LogP contribution < -0.4 is 10.9 Å². The van der Waals surface area contributed by atoms with Crippen LogP contribution in [0, 0.1) is 13.8 Å². The summed E-state index contributed by atoms with van der Waals surface area (Å²) >= 11 is 7.19. The summed E-state index contributed by atoms with van der Waals surface area (Å²) in [4.78, 5) is 43.1. The number of anilines is 1. The Morgan fingerprint density at radius 1 is 1.29 bits per heavy atom. The summed E-state index contributed by atoms with van der Waals surface area (Å²) in [5, 5.41) is 3.58. The van der Waals surface area contributed by atoms with Crippen molar-refractivity contribution in [3.63, 3.8) is 0 Å². The zero-order valence-electron chi connectivity index (χ0n) is 17.5. The largest absolute Gasteiger partial charge is 0.459 e. The lowest BCUT2D eigenvalue weighted by atomic mass is 10.2. The number of hydrogen-bond donors (Lipinski definition) is 1. The maximum Gasteiger partial charge on any atom is 0.348 e. The Balaban J connectivity index is 1.88. The molecule has 8 nitrogen and oxygen atoms in total. The van der Waals surface area contributed by atoms with Crippen molar-refractivity contribution >= 4 is 50.7 Å². The fourth-order valence-electron chi connectivity index (χ4n) is 2.93. The van der Waals surface area contributed by atoms with Gasteiger partial charge >= 0.3 is 5.97 Å². The highest BCUT2D eigenvalue weighted by atomic mass is 35.5. The fourth-order valence-corrected chi connectivity index (χ4v) is 4.15. The highest BCUT2D eigenvalue weighted by Crippen LogP contribution is 2.28. The van der Waals surface area contributed by atoms with E-state index in [1.54, 1.807) is 32.0 Å². The number of thiophene rings is 1. The minimum atomic E-state index is -0.833. The normalized spacial score (nSPS) is 12.0. The number of fused-ring (bicyclic) bond motifs is 1. The van der Waals surface area contributed by atoms with Gasteiger partial charge in [-0.05, 0) is 44.0 Å². The number of carbonyl (C=O) groups excluding carboxylic acids is 2. The molecule has 1 unspecified atom stereocenters. The Morgan fingerprint density at radius 3 is 2.71 bits per heavy atom. The van der Waals surface area contributed by atoms with Crippen LogP contribution in [0.2, 0.25) is 5.02 Å². The Labute approximate surface area is 187 Å². The van der Waals surface area contributed by atoms with E-state index in [1.807, 2.05) is 6.92 Å². The lowest BCUT2D eigenvalue weighted by molar-refractivity contribution is -0.118. The molecular formula is C21H22ClN3O5S. The van der Waals surface area contributed by atoms with Gasteiger partial charge < -0.3 is 14.8 Å². The molecule has 2 heterocycles. The van der Waals surface area contributed by atoms with E-state index in [9.17, 15) is 14.4 Å². The van der Waals surface area contributed by atoms with Crippen LogP contribution in [0.3, 0.4) is 0 Å². The van der Waals surface area contributed by atoms with Crippen molar-refractivity contribution < 1.29 is 19.1 Å². The van der Waals surface area contributed by atoms with Gasteiger partial charge in [-0.2, -0.15) is 0 Å². The lowest BCUT2D eigenvalue weighted by Crippen LogP contribution is -2.31. The van der Waals surface area contributed by atoms with Crippen LogP contribution in [0.4, 0.5) is 5.69 Å². The summed E-state index contributed by atoms with van der Waals surface area (Å²) in [6.45, 7) is 5.52. The van der Waals surface area contributed by atoms with Gasteiger partial charge in [0, 0.05) is 17.8 Å². The highest BCUT2D eigenvalue weighted by Gasteiger charge is 2.23. The number of methoxy groups -OCH3 is 1. The van der Waals surface area contributed by atoms with E-state index in [0.29, 0.717) is 31.4 Å². The van der Waals surface area contributed by atoms with Crippen molar-refractivity contribution in [2.24, 2.45) is 0 Å². The second-order valence-electron chi connectivity index (χ2n) is 6.95. The van der Waals surface area contributed by atoms with Crippen molar-refractivity contribution in [3.05, 3.63) is 55.9 Å². The first-order chi connectivity index (χ1) is 14.7. The van der Waals surface area contributed by atoms with Gasteiger partial charge in [0.15, 0.2) is 0 Å². The molecule has 0 aliphatic heterocycles. The number of benzene rings is 1. The smallest absolute Gasteiger partial charge is 0.348 e. The summed E-state index contributed by atoms with van der Waals surface area (Å²) in [6, 6.07) is 4.35. The molecule has 3 rings (SSSR count). The highest BCUT2D eigenvalue weighted by molar-refractivity contribution is 7.20. The van der Waals surface area contributed by atoms with Crippen LogP contribution in [0.1, 0.15) is 33.8 Å². The minimum Gasteiger partial charge on any atom is -0.459 e. The van der Waals surface area contributed by atoms with Crippen LogP contribution in [-0.4, -0.2) is 41.8 Å². The summed E-state index contributed by atoms with van der Waals surface area (Å²) < 4.78 is 11.3. The van der Waals surface area contributed by atoms with Gasteiger partial charge in [-0.3, -0.25) is 14.2 Å². The molecule has 1 amide bonds. The van der Waals surface area contributed by atoms with Crippen molar-refractivity contribution in [2.75, 3.05) is 25.6 Å². The Kier molecular flexibility index (Phi) is 7.09. The molecule has 0 fully saturated rings. The molecule has 10 heteroatoms. The molecule has 164 valence electrons. The number of rotatable bonds is 7. The van der Waals surface area contributed by atoms with E-state index in [4.69, 9.17) is 21.1 Å². The second kappa shape index (κ2) is 9.59. The molecule has 0 bridgehead atoms. The Morgan fingerprint density at radius 2 is 2.03 bits per heavy atom. The number of amides is 1. The predicted molar refractivity (Wildman–Crippen MR) is 120 cm³/mol. The van der Waals surface area contributed by atoms with Gasteiger partial charge in [0.2, 0.25) is 5.91 Å². The minimum absolute atomic E-state index is 0.112. The SMILES string of the molecule is COCCOC(=O)c1sc2ncn(C(C)C(=O)Nc3ccc(C)c(Cl)c3)c(=O)c2c1C. The zero-order chi connectivity index (χ0) is 22.7. The quantitative estimate of drug-likeness (QED) is 0.423. The monoisotopic (exact) mass is 463 g/mol. The van der Waals surface area contributed by atoms with Crippen molar-refractivity contribution in [1.29, 1.82) is 0 Å². The molecule has 0 spiro atoms. The number of halogens is 1. The molecular weight excluding hydrogens is 442 g/mol. The maximum absolute atomic E-state index is 13.1. The van der Waals surface area contributed by atoms with Gasteiger partial charge in [-0.1, -0.05) is 17.7 Å². The summed E-state index contributed by atoms with van der Waals surface area (Å²) in [6.07, 6.45) is 1.31. The fraction of sp³-hybridized carbons (Fsp3) is 0.333. The number of nitrogens with one attached hydrogen (secondary N) is 1. The molecule has 1 N–H and O–H groups in total. The average molecular weight is 464 g/mol. The first-order valence-corrected chi connectivity index (χ1v) is 10.7. The molecule has 3 aromatic rings. The molecule has 0 saturated carbocycles. The van der Waals surface area contributed by atoms with Crippen LogP contribution in [0.25, 0.3) is 10.2 Å². The summed E-state index contributed by atoms with van der Waals surface area (Å²) in [5.74, 6) is -0.930. The second-order valence-corrected chi connectivity index (χ2v) is 8.36. The third-order valence-corrected chi connectivity index (χ3v) is 6.41. The Hall–Kier alpha value is -2.75. The van der Waals surface area contributed by atoms with E-state index in [-0.39, 0.29) is 13.2 Å². The number of ether oxygens (including phenoxy) is 2. The van der Waals surface area contributed by atoms with Gasteiger partial charge in [0.1, 0.15) is 22.4 Å². The summed E-state index contributed by atoms with van der Waals surface area (Å²) in [5.41, 5.74) is 1.50. The van der Waals surface area contributed by atoms with Crippen molar-refractivity contribution in [2.45, 2.75) is 26.8 Å². The maximum atomic E-state index is 13.1. The molecule has 0 saturated heterocycles. The molecule has 0 aliphatic rings. The van der Waals surface area contributed by atoms with Gasteiger partial charge in [0.05, 0.1) is 18.3 Å². The lowest BCUT2D eigenvalue weighted by Gasteiger charge is -2.15. The van der Waals surface area contributed by atoms with Crippen molar-refractivity contribution in [1.82, 2.24) is 9.55 Å². The van der Waals surface area contributed by atoms with E-state index in [0.717, 1.165) is 16.9 Å². The number of esters is 1. The van der Waals surface area contributed by atoms with Gasteiger partial charge in [0.25, 0.3) is 5.56 Å². The number of hydrogen-bond acceptors (Lipinski definition) is 7. The molecule has 1 atom stereocenters. The standard InChI is InChI=1S/C21H22ClN3O5S/c1-11-5-6-14(9-15(11)22)24-18(26)13(3)25-10-23-19-16(20(25)27)12(2)17(31-19)21(28)30-8-7-29-4/h5-6,9-10,13H,7-8H2,1-4H3,(H,24,26). The topological polar surface area (TPSA) is 99.5 Å². The first kappa shape index (κ1) is 22.9.